The summed E-state index contributed by atoms with van der Waals surface area (Å²) in [5.41, 5.74) is 3.99. The van der Waals surface area contributed by atoms with Crippen molar-refractivity contribution in [3.8, 4) is 0 Å². The highest BCUT2D eigenvalue weighted by Gasteiger charge is 2.57. The third-order valence-electron chi connectivity index (χ3n) is 6.01. The van der Waals surface area contributed by atoms with Gasteiger partial charge in [0.25, 0.3) is 5.56 Å². The largest absolute Gasteiger partial charge is 0.460 e. The zero-order valence-corrected chi connectivity index (χ0v) is 22.5. The molecule has 1 aromatic heterocycles. The summed E-state index contributed by atoms with van der Waals surface area (Å²) in [5, 5.41) is 0. The van der Waals surface area contributed by atoms with Crippen LogP contribution < -0.4 is 17.0 Å². The van der Waals surface area contributed by atoms with E-state index in [1.165, 1.54) is 6.20 Å². The first-order valence-electron chi connectivity index (χ1n) is 11.8. The number of esters is 3. The van der Waals surface area contributed by atoms with Crippen molar-refractivity contribution in [2.24, 2.45) is 11.7 Å². The average molecular weight is 561 g/mol. The topological polar surface area (TPSA) is 205 Å². The number of nitrogens with zero attached hydrogens (tertiary/aromatic N) is 1. The summed E-state index contributed by atoms with van der Waals surface area (Å²) in [4.78, 5) is 61.8. The second-order valence-corrected chi connectivity index (χ2v) is 11.7. The van der Waals surface area contributed by atoms with E-state index in [1.807, 2.05) is 0 Å². The maximum absolute atomic E-state index is 13.6. The fourth-order valence-corrected chi connectivity index (χ4v) is 6.49. The van der Waals surface area contributed by atoms with Crippen LogP contribution in [-0.4, -0.2) is 76.8 Å². The molecule has 212 valence electrons. The van der Waals surface area contributed by atoms with Gasteiger partial charge in [-0.25, -0.2) is 9.59 Å². The van der Waals surface area contributed by atoms with Crippen LogP contribution in [0.1, 0.15) is 40.8 Å². The van der Waals surface area contributed by atoms with Gasteiger partial charge in [-0.3, -0.25) is 28.5 Å². The van der Waals surface area contributed by atoms with Gasteiger partial charge in [0.2, 0.25) is 6.10 Å². The molecule has 3 heterocycles. The lowest BCUT2D eigenvalue weighted by molar-refractivity contribution is -0.185. The first kappa shape index (κ1) is 29.7. The SMILES string of the molecule is CC(=O)O[C@@H](COP1(=O)C[C@@H]2[C@@H](CO1)O[C@@H](n1ccc(=O)[nH]c1=O)[C@]2(C)N)[C@@H](OC(C)=O)C(=O)OC(C)C. The Morgan fingerprint density at radius 1 is 1.21 bits per heavy atom. The van der Waals surface area contributed by atoms with Crippen molar-refractivity contribution in [1.82, 2.24) is 9.55 Å². The van der Waals surface area contributed by atoms with Gasteiger partial charge in [0, 0.05) is 32.0 Å². The van der Waals surface area contributed by atoms with E-state index in [2.05, 4.69) is 4.98 Å². The lowest BCUT2D eigenvalue weighted by atomic mass is 9.85. The van der Waals surface area contributed by atoms with Crippen LogP contribution in [0.4, 0.5) is 0 Å². The number of hydrogen-bond acceptors (Lipinski definition) is 13. The Balaban J connectivity index is 1.79. The Morgan fingerprint density at radius 2 is 1.87 bits per heavy atom. The number of nitrogens with two attached hydrogens (primary N) is 1. The third kappa shape index (κ3) is 6.77. The van der Waals surface area contributed by atoms with Gasteiger partial charge in [-0.2, -0.15) is 0 Å². The number of aromatic nitrogens is 2. The molecule has 16 heteroatoms. The Kier molecular flexibility index (Phi) is 8.99. The highest BCUT2D eigenvalue weighted by atomic mass is 31.2. The summed E-state index contributed by atoms with van der Waals surface area (Å²) in [7, 11) is -3.92. The molecule has 0 saturated carbocycles. The Morgan fingerprint density at radius 3 is 2.45 bits per heavy atom. The average Bonchev–Trinajstić information content (AvgIpc) is 3.04. The van der Waals surface area contributed by atoms with Gasteiger partial charge >= 0.3 is 31.2 Å². The maximum atomic E-state index is 13.6. The number of nitrogens with one attached hydrogen (secondary N) is 1. The quantitative estimate of drug-likeness (QED) is 0.228. The summed E-state index contributed by atoms with van der Waals surface area (Å²) in [5.74, 6) is -3.26. The summed E-state index contributed by atoms with van der Waals surface area (Å²) >= 11 is 0. The number of H-pyrrole nitrogens is 1. The van der Waals surface area contributed by atoms with E-state index in [-0.39, 0.29) is 12.8 Å². The molecule has 15 nitrogen and oxygen atoms in total. The minimum Gasteiger partial charge on any atom is -0.460 e. The minimum atomic E-state index is -3.92. The van der Waals surface area contributed by atoms with Gasteiger partial charge in [0.1, 0.15) is 0 Å². The molecule has 7 atom stereocenters. The van der Waals surface area contributed by atoms with E-state index < -0.39 is 85.5 Å². The molecular formula is C22H32N3O12P. The van der Waals surface area contributed by atoms with Crippen molar-refractivity contribution < 1.29 is 46.9 Å². The molecule has 0 aliphatic carbocycles. The lowest BCUT2D eigenvalue weighted by Crippen LogP contribution is -2.52. The second kappa shape index (κ2) is 11.5. The molecular weight excluding hydrogens is 529 g/mol. The summed E-state index contributed by atoms with van der Waals surface area (Å²) in [6.45, 7) is 6.05. The van der Waals surface area contributed by atoms with Crippen LogP contribution in [0, 0.1) is 5.92 Å². The van der Waals surface area contributed by atoms with Gasteiger partial charge in [-0.1, -0.05) is 0 Å². The van der Waals surface area contributed by atoms with Gasteiger partial charge < -0.3 is 33.7 Å². The fourth-order valence-electron chi connectivity index (χ4n) is 4.35. The van der Waals surface area contributed by atoms with E-state index in [4.69, 9.17) is 33.7 Å². The van der Waals surface area contributed by atoms with Crippen molar-refractivity contribution in [3.63, 3.8) is 0 Å². The molecule has 0 spiro atoms. The minimum absolute atomic E-state index is 0.204. The standard InChI is InChI=1S/C22H32N3O12P/c1-11(2)34-19(29)18(36-13(4)27)16(35-12(3)26)9-33-38(31)10-14-15(8-32-38)37-20(22(14,5)23)25-7-6-17(28)24-21(25)30/h6-7,11,14-16,18,20H,8-10,23H2,1-5H3,(H,24,28,30)/t14-,15-,16+,18-,20-,22-,38?/m1/s1. The van der Waals surface area contributed by atoms with Crippen LogP contribution in [0.5, 0.6) is 0 Å². The van der Waals surface area contributed by atoms with Gasteiger partial charge in [-0.15, -0.1) is 0 Å². The van der Waals surface area contributed by atoms with E-state index >= 15 is 0 Å². The summed E-state index contributed by atoms with van der Waals surface area (Å²) in [6, 6.07) is 1.15. The molecule has 1 unspecified atom stereocenters. The van der Waals surface area contributed by atoms with Crippen molar-refractivity contribution in [3.05, 3.63) is 33.1 Å². The van der Waals surface area contributed by atoms with Gasteiger partial charge in [0.15, 0.2) is 12.3 Å². The zero-order chi connectivity index (χ0) is 28.4. The summed E-state index contributed by atoms with van der Waals surface area (Å²) < 4.78 is 47.0. The van der Waals surface area contributed by atoms with Crippen molar-refractivity contribution in [2.45, 2.75) is 70.8 Å². The lowest BCUT2D eigenvalue weighted by Gasteiger charge is -2.36. The monoisotopic (exact) mass is 561 g/mol. The number of ether oxygens (including phenoxy) is 4. The van der Waals surface area contributed by atoms with E-state index in [1.54, 1.807) is 20.8 Å². The molecule has 0 bridgehead atoms. The molecule has 0 radical (unpaired) electrons. The Labute approximate surface area is 217 Å². The van der Waals surface area contributed by atoms with E-state index in [0.717, 1.165) is 24.5 Å². The molecule has 2 saturated heterocycles. The third-order valence-corrected chi connectivity index (χ3v) is 7.94. The number of carbonyl (C=O) groups excluding carboxylic acids is 3. The van der Waals surface area contributed by atoms with Gasteiger partial charge in [-0.05, 0) is 20.8 Å². The Bertz CT molecular complexity index is 1220. The normalized spacial score (nSPS) is 30.2. The molecule has 2 fully saturated rings. The molecule has 2 aliphatic rings. The van der Waals surface area contributed by atoms with Crippen LogP contribution in [-0.2, 0) is 46.9 Å². The number of rotatable bonds is 9. The second-order valence-electron chi connectivity index (χ2n) is 9.57. The molecule has 3 N–H and O–H groups in total. The van der Waals surface area contributed by atoms with E-state index in [9.17, 15) is 28.5 Å². The van der Waals surface area contributed by atoms with Gasteiger partial charge in [0.05, 0.1) is 37.1 Å². The van der Waals surface area contributed by atoms with Crippen LogP contribution in [0.3, 0.4) is 0 Å². The van der Waals surface area contributed by atoms with E-state index in [0.29, 0.717) is 0 Å². The first-order chi connectivity index (χ1) is 17.6. The number of hydrogen-bond donors (Lipinski definition) is 2. The molecule has 1 aromatic rings. The zero-order valence-electron chi connectivity index (χ0n) is 21.6. The highest BCUT2D eigenvalue weighted by Crippen LogP contribution is 2.58. The predicted molar refractivity (Wildman–Crippen MR) is 128 cm³/mol. The predicted octanol–water partition coefficient (Wildman–Crippen LogP) is -0.177. The van der Waals surface area contributed by atoms with Crippen molar-refractivity contribution in [1.29, 1.82) is 0 Å². The molecule has 38 heavy (non-hydrogen) atoms. The molecule has 2 aliphatic heterocycles. The molecule has 0 aromatic carbocycles. The van der Waals surface area contributed by atoms with Crippen LogP contribution in [0.15, 0.2) is 21.9 Å². The maximum Gasteiger partial charge on any atom is 0.351 e. The van der Waals surface area contributed by atoms with Crippen LogP contribution >= 0.6 is 7.60 Å². The van der Waals surface area contributed by atoms with Crippen LogP contribution in [0.2, 0.25) is 0 Å². The highest BCUT2D eigenvalue weighted by molar-refractivity contribution is 7.53. The molecule has 0 amide bonds. The first-order valence-corrected chi connectivity index (χ1v) is 13.5. The fraction of sp³-hybridized carbons (Fsp3) is 0.682. The number of carbonyl (C=O) groups is 3. The smallest absolute Gasteiger partial charge is 0.351 e. The Hall–Kier alpha value is -2.84. The molecule has 3 rings (SSSR count). The van der Waals surface area contributed by atoms with Crippen molar-refractivity contribution in [2.75, 3.05) is 19.4 Å². The number of fused-ring (bicyclic) bond motifs is 1. The van der Waals surface area contributed by atoms with Crippen molar-refractivity contribution >= 4 is 25.5 Å². The van der Waals surface area contributed by atoms with Crippen LogP contribution in [0.25, 0.3) is 0 Å². The summed E-state index contributed by atoms with van der Waals surface area (Å²) in [6.07, 6.45) is -4.39. The number of aromatic amines is 1.